The quantitative estimate of drug-likeness (QED) is 0.528. The number of likely N-dealkylation sites (tertiary alicyclic amines) is 1. The number of ether oxygens (including phenoxy) is 1. The van der Waals surface area contributed by atoms with Crippen molar-refractivity contribution in [3.05, 3.63) is 52.1 Å². The summed E-state index contributed by atoms with van der Waals surface area (Å²) in [6, 6.07) is 9.44. The molecule has 8 nitrogen and oxygen atoms in total. The van der Waals surface area contributed by atoms with Crippen LogP contribution in [0.2, 0.25) is 0 Å². The smallest absolute Gasteiger partial charge is 0.309 e. The SMILES string of the molecule is COc1cc(Br)cnc1NC(=O)C1(c2ccccc2C(C)C)CN(C(=O)CC(C)(C)C(=O)O)C1. The van der Waals surface area contributed by atoms with E-state index in [1.54, 1.807) is 17.2 Å². The molecule has 0 unspecified atom stereocenters. The van der Waals surface area contributed by atoms with E-state index in [1.807, 2.05) is 24.3 Å². The van der Waals surface area contributed by atoms with Crippen LogP contribution in [0.3, 0.4) is 0 Å². The third-order valence-electron chi connectivity index (χ3n) is 6.25. The number of amides is 2. The highest BCUT2D eigenvalue weighted by atomic mass is 79.9. The Morgan fingerprint density at radius 3 is 2.50 bits per heavy atom. The van der Waals surface area contributed by atoms with Gasteiger partial charge in [-0.1, -0.05) is 38.1 Å². The van der Waals surface area contributed by atoms with Crippen molar-refractivity contribution in [1.29, 1.82) is 0 Å². The van der Waals surface area contributed by atoms with E-state index in [2.05, 4.69) is 40.1 Å². The number of carbonyl (C=O) groups is 3. The molecule has 0 aliphatic carbocycles. The highest BCUT2D eigenvalue weighted by Gasteiger charge is 2.54. The van der Waals surface area contributed by atoms with Gasteiger partial charge in [-0.05, 0) is 52.9 Å². The third-order valence-corrected chi connectivity index (χ3v) is 6.68. The number of hydrogen-bond donors (Lipinski definition) is 2. The van der Waals surface area contributed by atoms with Crippen LogP contribution in [-0.4, -0.2) is 53.0 Å². The molecule has 2 aromatic rings. The summed E-state index contributed by atoms with van der Waals surface area (Å²) in [4.78, 5) is 44.0. The molecule has 1 saturated heterocycles. The summed E-state index contributed by atoms with van der Waals surface area (Å²) in [7, 11) is 1.50. The van der Waals surface area contributed by atoms with Crippen LogP contribution in [0.1, 0.15) is 51.2 Å². The Kier molecular flexibility index (Phi) is 7.35. The van der Waals surface area contributed by atoms with Crippen molar-refractivity contribution in [3.8, 4) is 5.75 Å². The van der Waals surface area contributed by atoms with Crippen LogP contribution in [-0.2, 0) is 19.8 Å². The number of hydrogen-bond acceptors (Lipinski definition) is 5. The number of carbonyl (C=O) groups excluding carboxylic acids is 2. The minimum absolute atomic E-state index is 0.145. The zero-order valence-corrected chi connectivity index (χ0v) is 21.6. The molecule has 1 fully saturated rings. The number of aliphatic carboxylic acids is 1. The fourth-order valence-corrected chi connectivity index (χ4v) is 4.43. The van der Waals surface area contributed by atoms with Crippen molar-refractivity contribution in [2.24, 2.45) is 5.41 Å². The average molecular weight is 532 g/mol. The fourth-order valence-electron chi connectivity index (χ4n) is 4.12. The monoisotopic (exact) mass is 531 g/mol. The van der Waals surface area contributed by atoms with Crippen molar-refractivity contribution < 1.29 is 24.2 Å². The number of methoxy groups -OCH3 is 1. The first-order valence-corrected chi connectivity index (χ1v) is 11.8. The van der Waals surface area contributed by atoms with Crippen LogP contribution >= 0.6 is 15.9 Å². The van der Waals surface area contributed by atoms with Gasteiger partial charge < -0.3 is 20.1 Å². The van der Waals surface area contributed by atoms with Gasteiger partial charge >= 0.3 is 5.97 Å². The zero-order chi connectivity index (χ0) is 25.3. The van der Waals surface area contributed by atoms with Crippen LogP contribution in [0.15, 0.2) is 41.0 Å². The van der Waals surface area contributed by atoms with Crippen molar-refractivity contribution in [2.45, 2.75) is 45.4 Å². The summed E-state index contributed by atoms with van der Waals surface area (Å²) < 4.78 is 6.08. The number of carboxylic acids is 1. The summed E-state index contributed by atoms with van der Waals surface area (Å²) in [5.41, 5.74) is -0.322. The highest BCUT2D eigenvalue weighted by Crippen LogP contribution is 2.41. The standard InChI is InChI=1S/C25H30BrN3O5/c1-15(2)17-8-6-7-9-18(17)25(13-29(14-25)20(30)11-24(3,4)23(32)33)22(31)28-21-19(34-5)10-16(26)12-27-21/h6-10,12,15H,11,13-14H2,1-5H3,(H,32,33)(H,27,28,31). The predicted molar refractivity (Wildman–Crippen MR) is 132 cm³/mol. The van der Waals surface area contributed by atoms with Crippen molar-refractivity contribution >= 4 is 39.5 Å². The van der Waals surface area contributed by atoms with Gasteiger partial charge in [-0.25, -0.2) is 4.98 Å². The van der Waals surface area contributed by atoms with E-state index in [0.717, 1.165) is 11.1 Å². The van der Waals surface area contributed by atoms with Gasteiger partial charge in [-0.3, -0.25) is 14.4 Å². The lowest BCUT2D eigenvalue weighted by Crippen LogP contribution is -2.67. The molecular formula is C25H30BrN3O5. The highest BCUT2D eigenvalue weighted by molar-refractivity contribution is 9.10. The molecule has 182 valence electrons. The van der Waals surface area contributed by atoms with Gasteiger partial charge in [0.1, 0.15) is 5.41 Å². The van der Waals surface area contributed by atoms with E-state index in [4.69, 9.17) is 4.74 Å². The zero-order valence-electron chi connectivity index (χ0n) is 20.0. The maximum Gasteiger partial charge on any atom is 0.309 e. The molecule has 2 heterocycles. The van der Waals surface area contributed by atoms with Crippen molar-refractivity contribution in [2.75, 3.05) is 25.5 Å². The Bertz CT molecular complexity index is 1110. The molecule has 0 radical (unpaired) electrons. The summed E-state index contributed by atoms with van der Waals surface area (Å²) in [5.74, 6) is -0.771. The Hall–Kier alpha value is -2.94. The normalized spacial score (nSPS) is 15.0. The first kappa shape index (κ1) is 25.7. The molecule has 2 N–H and O–H groups in total. The average Bonchev–Trinajstić information content (AvgIpc) is 2.74. The Morgan fingerprint density at radius 1 is 1.26 bits per heavy atom. The summed E-state index contributed by atoms with van der Waals surface area (Å²) >= 11 is 3.35. The number of nitrogens with one attached hydrogen (secondary N) is 1. The van der Waals surface area contributed by atoms with E-state index < -0.39 is 16.8 Å². The number of nitrogens with zero attached hydrogens (tertiary/aromatic N) is 2. The summed E-state index contributed by atoms with van der Waals surface area (Å²) in [5, 5.41) is 12.3. The third kappa shape index (κ3) is 4.94. The van der Waals surface area contributed by atoms with E-state index in [1.165, 1.54) is 21.0 Å². The van der Waals surface area contributed by atoms with Gasteiger partial charge in [0.15, 0.2) is 11.6 Å². The first-order valence-electron chi connectivity index (χ1n) is 11.0. The molecule has 1 aromatic carbocycles. The topological polar surface area (TPSA) is 109 Å². The van der Waals surface area contributed by atoms with Crippen LogP contribution in [0.4, 0.5) is 5.82 Å². The second-order valence-corrected chi connectivity index (χ2v) is 10.5. The molecule has 3 rings (SSSR count). The largest absolute Gasteiger partial charge is 0.493 e. The Morgan fingerprint density at radius 2 is 1.91 bits per heavy atom. The maximum atomic E-state index is 13.8. The molecular weight excluding hydrogens is 502 g/mol. The van der Waals surface area contributed by atoms with Gasteiger partial charge in [-0.2, -0.15) is 0 Å². The van der Waals surface area contributed by atoms with Gasteiger partial charge in [0.25, 0.3) is 0 Å². The van der Waals surface area contributed by atoms with Crippen LogP contribution < -0.4 is 10.1 Å². The fraction of sp³-hybridized carbons (Fsp3) is 0.440. The molecule has 1 aliphatic heterocycles. The van der Waals surface area contributed by atoms with E-state index >= 15 is 0 Å². The number of carboxylic acid groups (broad SMARTS) is 1. The molecule has 0 saturated carbocycles. The van der Waals surface area contributed by atoms with E-state index in [-0.39, 0.29) is 43.1 Å². The van der Waals surface area contributed by atoms with Gasteiger partial charge in [0, 0.05) is 30.2 Å². The lowest BCUT2D eigenvalue weighted by atomic mass is 9.69. The number of halogens is 1. The number of pyridine rings is 1. The second-order valence-electron chi connectivity index (χ2n) is 9.60. The maximum absolute atomic E-state index is 13.8. The number of rotatable bonds is 8. The second kappa shape index (κ2) is 9.74. The molecule has 1 aliphatic rings. The molecule has 2 amide bonds. The van der Waals surface area contributed by atoms with Gasteiger partial charge in [0.05, 0.1) is 12.5 Å². The molecule has 0 bridgehead atoms. The van der Waals surface area contributed by atoms with Crippen molar-refractivity contribution in [1.82, 2.24) is 9.88 Å². The number of benzene rings is 1. The first-order chi connectivity index (χ1) is 15.9. The lowest BCUT2D eigenvalue weighted by Gasteiger charge is -2.50. The van der Waals surface area contributed by atoms with Crippen LogP contribution in [0.25, 0.3) is 0 Å². The van der Waals surface area contributed by atoms with Gasteiger partial charge in [-0.15, -0.1) is 0 Å². The number of anilines is 1. The molecule has 34 heavy (non-hydrogen) atoms. The van der Waals surface area contributed by atoms with Crippen molar-refractivity contribution in [3.63, 3.8) is 0 Å². The Balaban J connectivity index is 1.95. The summed E-state index contributed by atoms with van der Waals surface area (Å²) in [6.07, 6.45) is 1.42. The molecule has 1 aromatic heterocycles. The Labute approximate surface area is 207 Å². The number of aromatic nitrogens is 1. The minimum atomic E-state index is -1.19. The predicted octanol–water partition coefficient (Wildman–Crippen LogP) is 4.20. The molecule has 9 heteroatoms. The molecule has 0 atom stereocenters. The van der Waals surface area contributed by atoms with E-state index in [9.17, 15) is 19.5 Å². The van der Waals surface area contributed by atoms with Crippen LogP contribution in [0, 0.1) is 5.41 Å². The minimum Gasteiger partial charge on any atom is -0.493 e. The summed E-state index contributed by atoms with van der Waals surface area (Å²) in [6.45, 7) is 7.45. The molecule has 0 spiro atoms. The van der Waals surface area contributed by atoms with Gasteiger partial charge in [0.2, 0.25) is 11.8 Å². The van der Waals surface area contributed by atoms with E-state index in [0.29, 0.717) is 10.2 Å². The lowest BCUT2D eigenvalue weighted by molar-refractivity contribution is -0.155. The van der Waals surface area contributed by atoms with Crippen LogP contribution in [0.5, 0.6) is 5.75 Å².